The average molecular weight is 102 g/mol. The maximum absolute atomic E-state index is 4.86. The lowest BCUT2D eigenvalue weighted by Gasteiger charge is -1.86. The Morgan fingerprint density at radius 1 is 1.33 bits per heavy atom. The molecular weight excluding hydrogens is 92.1 g/mol. The Morgan fingerprint density at radius 3 is 1.67 bits per heavy atom. The van der Waals surface area contributed by atoms with Crippen molar-refractivity contribution >= 4 is 17.1 Å². The van der Waals surface area contributed by atoms with E-state index in [2.05, 4.69) is 13.8 Å². The highest BCUT2D eigenvalue weighted by Gasteiger charge is 1.81. The lowest BCUT2D eigenvalue weighted by atomic mass is 10.3. The molecule has 0 saturated carbocycles. The molecule has 0 atom stereocenters. The predicted molar refractivity (Wildman–Crippen MR) is 33.2 cm³/mol. The SMILES string of the molecule is CCC(=S)CC. The Labute approximate surface area is 44.6 Å². The summed E-state index contributed by atoms with van der Waals surface area (Å²) in [5.74, 6) is 0. The lowest BCUT2D eigenvalue weighted by Crippen LogP contribution is -1.83. The van der Waals surface area contributed by atoms with Crippen molar-refractivity contribution in [3.8, 4) is 0 Å². The summed E-state index contributed by atoms with van der Waals surface area (Å²) in [5, 5.41) is 0. The quantitative estimate of drug-likeness (QED) is 0.481. The maximum atomic E-state index is 4.86. The molecule has 0 aliphatic heterocycles. The summed E-state index contributed by atoms with van der Waals surface area (Å²) in [6.45, 7) is 4.18. The van der Waals surface area contributed by atoms with Crippen LogP contribution in [0.25, 0.3) is 0 Å². The van der Waals surface area contributed by atoms with E-state index < -0.39 is 0 Å². The van der Waals surface area contributed by atoms with Gasteiger partial charge >= 0.3 is 0 Å². The van der Waals surface area contributed by atoms with Gasteiger partial charge in [0.2, 0.25) is 0 Å². The first-order chi connectivity index (χ1) is 2.81. The summed E-state index contributed by atoms with van der Waals surface area (Å²) in [6.07, 6.45) is 2.12. The maximum Gasteiger partial charge on any atom is -0.00770 e. The van der Waals surface area contributed by atoms with Crippen LogP contribution in [-0.4, -0.2) is 4.86 Å². The van der Waals surface area contributed by atoms with Crippen molar-refractivity contribution in [1.82, 2.24) is 0 Å². The molecule has 1 heteroatoms. The van der Waals surface area contributed by atoms with Gasteiger partial charge in [-0.3, -0.25) is 0 Å². The topological polar surface area (TPSA) is 0 Å². The third kappa shape index (κ3) is 2.33. The molecular formula is C5H10S. The minimum absolute atomic E-state index is 1.06. The summed E-state index contributed by atoms with van der Waals surface area (Å²) in [4.78, 5) is 1.18. The van der Waals surface area contributed by atoms with Crippen molar-refractivity contribution in [3.63, 3.8) is 0 Å². The number of hydrogen-bond acceptors (Lipinski definition) is 1. The van der Waals surface area contributed by atoms with E-state index in [0.717, 1.165) is 12.8 Å². The second-order valence-corrected chi connectivity index (χ2v) is 1.82. The first-order valence-corrected chi connectivity index (χ1v) is 2.73. The number of rotatable bonds is 2. The number of hydrogen-bond donors (Lipinski definition) is 0. The van der Waals surface area contributed by atoms with Gasteiger partial charge in [0.15, 0.2) is 0 Å². The zero-order valence-electron chi connectivity index (χ0n) is 4.32. The molecule has 0 heterocycles. The van der Waals surface area contributed by atoms with Crippen LogP contribution in [0.15, 0.2) is 0 Å². The van der Waals surface area contributed by atoms with E-state index in [4.69, 9.17) is 12.2 Å². The van der Waals surface area contributed by atoms with Crippen LogP contribution in [0.4, 0.5) is 0 Å². The molecule has 0 bridgehead atoms. The summed E-state index contributed by atoms with van der Waals surface area (Å²) < 4.78 is 0. The second-order valence-electron chi connectivity index (χ2n) is 1.25. The Bertz CT molecular complexity index is 41.9. The van der Waals surface area contributed by atoms with Crippen molar-refractivity contribution in [2.75, 3.05) is 0 Å². The van der Waals surface area contributed by atoms with Gasteiger partial charge in [0.1, 0.15) is 0 Å². The van der Waals surface area contributed by atoms with Crippen LogP contribution in [0.5, 0.6) is 0 Å². The van der Waals surface area contributed by atoms with Crippen molar-refractivity contribution in [2.24, 2.45) is 0 Å². The molecule has 0 unspecified atom stereocenters. The zero-order chi connectivity index (χ0) is 4.99. The summed E-state index contributed by atoms with van der Waals surface area (Å²) in [7, 11) is 0. The molecule has 36 valence electrons. The van der Waals surface area contributed by atoms with Gasteiger partial charge in [-0.15, -0.1) is 0 Å². The second kappa shape index (κ2) is 3.29. The first-order valence-electron chi connectivity index (χ1n) is 2.33. The van der Waals surface area contributed by atoms with Crippen LogP contribution in [-0.2, 0) is 0 Å². The van der Waals surface area contributed by atoms with E-state index >= 15 is 0 Å². The van der Waals surface area contributed by atoms with Crippen LogP contribution in [0.1, 0.15) is 26.7 Å². The van der Waals surface area contributed by atoms with E-state index in [9.17, 15) is 0 Å². The molecule has 0 N–H and O–H groups in total. The van der Waals surface area contributed by atoms with Gasteiger partial charge in [-0.1, -0.05) is 26.1 Å². The largest absolute Gasteiger partial charge is 0.0897 e. The first kappa shape index (κ1) is 6.09. The molecule has 0 amide bonds. The van der Waals surface area contributed by atoms with Crippen LogP contribution in [0.2, 0.25) is 0 Å². The van der Waals surface area contributed by atoms with E-state index in [1.54, 1.807) is 0 Å². The minimum atomic E-state index is 1.06. The molecule has 0 nitrogen and oxygen atoms in total. The Morgan fingerprint density at radius 2 is 1.67 bits per heavy atom. The lowest BCUT2D eigenvalue weighted by molar-refractivity contribution is 1.20. The molecule has 0 saturated heterocycles. The molecule has 0 spiro atoms. The van der Waals surface area contributed by atoms with E-state index in [1.807, 2.05) is 0 Å². The van der Waals surface area contributed by atoms with E-state index in [-0.39, 0.29) is 0 Å². The highest BCUT2D eigenvalue weighted by Crippen LogP contribution is 1.87. The van der Waals surface area contributed by atoms with Crippen molar-refractivity contribution in [1.29, 1.82) is 0 Å². The third-order valence-corrected chi connectivity index (χ3v) is 1.37. The van der Waals surface area contributed by atoms with Gasteiger partial charge in [0, 0.05) is 0 Å². The molecule has 6 heavy (non-hydrogen) atoms. The van der Waals surface area contributed by atoms with Gasteiger partial charge in [-0.25, -0.2) is 0 Å². The van der Waals surface area contributed by atoms with Gasteiger partial charge in [-0.2, -0.15) is 0 Å². The molecule has 0 aromatic heterocycles. The molecule has 0 fully saturated rings. The highest BCUT2D eigenvalue weighted by molar-refractivity contribution is 7.80. The summed E-state index contributed by atoms with van der Waals surface area (Å²) in [6, 6.07) is 0. The van der Waals surface area contributed by atoms with E-state index in [0.29, 0.717) is 0 Å². The molecule has 0 radical (unpaired) electrons. The van der Waals surface area contributed by atoms with Crippen molar-refractivity contribution in [2.45, 2.75) is 26.7 Å². The fourth-order valence-corrected chi connectivity index (χ4v) is 0.250. The van der Waals surface area contributed by atoms with Gasteiger partial charge in [0.05, 0.1) is 0 Å². The monoisotopic (exact) mass is 102 g/mol. The van der Waals surface area contributed by atoms with Crippen molar-refractivity contribution in [3.05, 3.63) is 0 Å². The average Bonchev–Trinajstić information content (AvgIpc) is 1.65. The van der Waals surface area contributed by atoms with Gasteiger partial charge in [0.25, 0.3) is 0 Å². The fourth-order valence-electron chi connectivity index (χ4n) is 0.250. The number of thiocarbonyl (C=S) groups is 1. The molecule has 0 aliphatic rings. The van der Waals surface area contributed by atoms with Crippen LogP contribution in [0, 0.1) is 0 Å². The fraction of sp³-hybridized carbons (Fsp3) is 0.800. The molecule has 0 aromatic carbocycles. The van der Waals surface area contributed by atoms with Gasteiger partial charge in [-0.05, 0) is 17.7 Å². The van der Waals surface area contributed by atoms with Crippen molar-refractivity contribution < 1.29 is 0 Å². The van der Waals surface area contributed by atoms with Crippen LogP contribution >= 0.6 is 12.2 Å². The summed E-state index contributed by atoms with van der Waals surface area (Å²) >= 11 is 4.86. The standard InChI is InChI=1S/C5H10S/c1-3-5(6)4-2/h3-4H2,1-2H3. The van der Waals surface area contributed by atoms with Crippen LogP contribution < -0.4 is 0 Å². The van der Waals surface area contributed by atoms with Crippen LogP contribution in [0.3, 0.4) is 0 Å². The predicted octanol–water partition coefficient (Wildman–Crippen LogP) is 2.18. The Hall–Kier alpha value is 0.0900. The summed E-state index contributed by atoms with van der Waals surface area (Å²) in [5.41, 5.74) is 0. The smallest absolute Gasteiger partial charge is 0.00770 e. The van der Waals surface area contributed by atoms with Gasteiger partial charge < -0.3 is 0 Å². The van der Waals surface area contributed by atoms with E-state index in [1.165, 1.54) is 4.86 Å². The highest BCUT2D eigenvalue weighted by atomic mass is 32.1. The Kier molecular flexibility index (Phi) is 3.34. The minimum Gasteiger partial charge on any atom is -0.0897 e. The Balaban J connectivity index is 2.99. The normalized spacial score (nSPS) is 8.33. The molecule has 0 aliphatic carbocycles. The zero-order valence-corrected chi connectivity index (χ0v) is 5.14. The molecule has 0 rings (SSSR count). The molecule has 0 aromatic rings. The third-order valence-electron chi connectivity index (χ3n) is 0.789.